The molecule has 5 amide bonds. The summed E-state index contributed by atoms with van der Waals surface area (Å²) in [4.78, 5) is 81.2. The number of Topliss-reactive ketones (excluding diaryl/α,β-unsaturated/α-hetero) is 1. The number of aromatic amines is 1. The van der Waals surface area contributed by atoms with Crippen LogP contribution in [0.4, 0.5) is 0 Å². The van der Waals surface area contributed by atoms with E-state index < -0.39 is 53.5 Å². The molecule has 2 aliphatic carbocycles. The van der Waals surface area contributed by atoms with Crippen LogP contribution in [-0.4, -0.2) is 82.5 Å². The van der Waals surface area contributed by atoms with Gasteiger partial charge in [0.25, 0.3) is 11.8 Å². The number of carbonyl (C=O) groups is 6. The van der Waals surface area contributed by atoms with Crippen molar-refractivity contribution in [2.45, 2.75) is 89.9 Å². The zero-order valence-corrected chi connectivity index (χ0v) is 23.4. The lowest BCUT2D eigenvalue weighted by atomic mass is 9.83. The molecule has 3 fully saturated rings. The summed E-state index contributed by atoms with van der Waals surface area (Å²) in [6, 6.07) is 1.37. The Morgan fingerprint density at radius 1 is 1.00 bits per heavy atom. The van der Waals surface area contributed by atoms with Crippen LogP contribution in [0, 0.1) is 11.3 Å². The number of aromatic nitrogens is 1. The number of carbonyl (C=O) groups excluding carboxylic acids is 6. The number of nitrogens with zero attached hydrogens (tertiary/aromatic N) is 1. The van der Waals surface area contributed by atoms with E-state index in [2.05, 4.69) is 26.3 Å². The largest absolute Gasteiger partial charge is 0.357 e. The maximum atomic E-state index is 14.1. The minimum atomic E-state index is -0.954. The van der Waals surface area contributed by atoms with Crippen molar-refractivity contribution >= 4 is 35.3 Å². The summed E-state index contributed by atoms with van der Waals surface area (Å²) in [6.45, 7) is 4.72. The van der Waals surface area contributed by atoms with E-state index in [9.17, 15) is 28.8 Å². The van der Waals surface area contributed by atoms with Crippen molar-refractivity contribution in [1.29, 1.82) is 0 Å². The molecular weight excluding hydrogens is 516 g/mol. The Bertz CT molecular complexity index is 1140. The lowest BCUT2D eigenvalue weighted by Gasteiger charge is -2.39. The third kappa shape index (κ3) is 7.08. The van der Waals surface area contributed by atoms with Crippen LogP contribution in [0.1, 0.15) is 76.2 Å². The third-order valence-corrected chi connectivity index (χ3v) is 7.90. The van der Waals surface area contributed by atoms with E-state index >= 15 is 0 Å². The summed E-state index contributed by atoms with van der Waals surface area (Å²) < 4.78 is 0. The predicted octanol–water partition coefficient (Wildman–Crippen LogP) is 0.399. The van der Waals surface area contributed by atoms with Gasteiger partial charge in [0.05, 0.1) is 13.1 Å². The highest BCUT2D eigenvalue weighted by molar-refractivity contribution is 6.37. The molecule has 12 heteroatoms. The maximum Gasteiger partial charge on any atom is 0.289 e. The fourth-order valence-corrected chi connectivity index (χ4v) is 5.61. The van der Waals surface area contributed by atoms with Crippen LogP contribution < -0.4 is 21.3 Å². The summed E-state index contributed by atoms with van der Waals surface area (Å²) in [7, 11) is 0. The predicted molar refractivity (Wildman–Crippen MR) is 145 cm³/mol. The highest BCUT2D eigenvalue weighted by atomic mass is 16.2. The van der Waals surface area contributed by atoms with Gasteiger partial charge in [-0.1, -0.05) is 33.6 Å². The number of fused-ring (bicyclic) bond motifs is 1. The molecule has 4 rings (SSSR count). The molecule has 0 spiro atoms. The van der Waals surface area contributed by atoms with E-state index in [-0.39, 0.29) is 30.5 Å². The summed E-state index contributed by atoms with van der Waals surface area (Å²) in [5.41, 5.74) is -0.380. The molecular formula is C28H40N6O6. The van der Waals surface area contributed by atoms with Crippen molar-refractivity contribution < 1.29 is 28.8 Å². The summed E-state index contributed by atoms with van der Waals surface area (Å²) in [5, 5.41) is 10.5. The highest BCUT2D eigenvalue weighted by Crippen LogP contribution is 2.41. The van der Waals surface area contributed by atoms with Gasteiger partial charge in [-0.25, -0.2) is 0 Å². The van der Waals surface area contributed by atoms with Gasteiger partial charge in [-0.2, -0.15) is 0 Å². The van der Waals surface area contributed by atoms with Crippen molar-refractivity contribution in [3.63, 3.8) is 0 Å². The molecule has 40 heavy (non-hydrogen) atoms. The second-order valence-electron chi connectivity index (χ2n) is 12.1. The number of amides is 5. The fourth-order valence-electron chi connectivity index (χ4n) is 5.61. The molecule has 3 aliphatic rings. The molecule has 12 nitrogen and oxygen atoms in total. The molecule has 0 aromatic carbocycles. The molecule has 218 valence electrons. The fraction of sp³-hybridized carbons (Fsp3) is 0.643. The van der Waals surface area contributed by atoms with Gasteiger partial charge in [0.15, 0.2) is 0 Å². The van der Waals surface area contributed by atoms with E-state index in [4.69, 9.17) is 0 Å². The van der Waals surface area contributed by atoms with Gasteiger partial charge in [0, 0.05) is 18.3 Å². The number of H-pyrrole nitrogens is 1. The summed E-state index contributed by atoms with van der Waals surface area (Å²) >= 11 is 0. The SMILES string of the molecule is CC(C)(C)[C@H](NC(=O)CNC(=O)c1ccc[nH]1)C(=O)N1[C@H](C(=O)NCC(=O)C(=O)NC2CC2)C[C@@H]2CCCC[C@@H]21. The van der Waals surface area contributed by atoms with Gasteiger partial charge in [0.1, 0.15) is 17.8 Å². The number of rotatable bonds is 10. The van der Waals surface area contributed by atoms with Crippen LogP contribution in [-0.2, 0) is 24.0 Å². The minimum Gasteiger partial charge on any atom is -0.357 e. The van der Waals surface area contributed by atoms with Crippen LogP contribution in [0.25, 0.3) is 0 Å². The van der Waals surface area contributed by atoms with Gasteiger partial charge in [-0.3, -0.25) is 28.8 Å². The summed E-state index contributed by atoms with van der Waals surface area (Å²) in [5.74, 6) is -3.12. The normalized spacial score (nSPS) is 23.0. The quantitative estimate of drug-likeness (QED) is 0.261. The van der Waals surface area contributed by atoms with E-state index in [1.165, 1.54) is 0 Å². The lowest BCUT2D eigenvalue weighted by molar-refractivity contribution is -0.146. The Morgan fingerprint density at radius 3 is 2.38 bits per heavy atom. The van der Waals surface area contributed by atoms with Crippen molar-refractivity contribution in [1.82, 2.24) is 31.2 Å². The van der Waals surface area contributed by atoms with Crippen LogP contribution in [0.15, 0.2) is 18.3 Å². The van der Waals surface area contributed by atoms with E-state index in [0.29, 0.717) is 12.1 Å². The molecule has 2 saturated carbocycles. The van der Waals surface area contributed by atoms with E-state index in [0.717, 1.165) is 38.5 Å². The zero-order chi connectivity index (χ0) is 29.0. The molecule has 4 atom stereocenters. The number of hydrogen-bond donors (Lipinski definition) is 5. The molecule has 1 aliphatic heterocycles. The second kappa shape index (κ2) is 12.2. The minimum absolute atomic E-state index is 0.0320. The van der Waals surface area contributed by atoms with Crippen LogP contribution in [0.3, 0.4) is 0 Å². The number of likely N-dealkylation sites (tertiary alicyclic amines) is 1. The molecule has 1 saturated heterocycles. The molecule has 0 unspecified atom stereocenters. The van der Waals surface area contributed by atoms with Crippen molar-refractivity contribution in [2.75, 3.05) is 13.1 Å². The Kier molecular flexibility index (Phi) is 8.95. The van der Waals surface area contributed by atoms with Crippen molar-refractivity contribution in [2.24, 2.45) is 11.3 Å². The van der Waals surface area contributed by atoms with Crippen molar-refractivity contribution in [3.8, 4) is 0 Å². The van der Waals surface area contributed by atoms with Crippen LogP contribution in [0.2, 0.25) is 0 Å². The van der Waals surface area contributed by atoms with Gasteiger partial charge >= 0.3 is 0 Å². The number of hydrogen-bond acceptors (Lipinski definition) is 6. The molecule has 5 N–H and O–H groups in total. The molecule has 2 heterocycles. The van der Waals surface area contributed by atoms with Crippen molar-refractivity contribution in [3.05, 3.63) is 24.0 Å². The highest BCUT2D eigenvalue weighted by Gasteiger charge is 2.50. The Balaban J connectivity index is 1.44. The first-order valence-electron chi connectivity index (χ1n) is 14.1. The zero-order valence-electron chi connectivity index (χ0n) is 23.4. The first-order chi connectivity index (χ1) is 19.0. The Labute approximate surface area is 233 Å². The molecule has 1 aromatic heterocycles. The van der Waals surface area contributed by atoms with Crippen LogP contribution >= 0.6 is 0 Å². The monoisotopic (exact) mass is 556 g/mol. The second-order valence-corrected chi connectivity index (χ2v) is 12.1. The van der Waals surface area contributed by atoms with E-state index in [1.54, 1.807) is 23.2 Å². The van der Waals surface area contributed by atoms with Gasteiger partial charge in [-0.05, 0) is 55.6 Å². The molecule has 0 bridgehead atoms. The Hall–Kier alpha value is -3.70. The van der Waals surface area contributed by atoms with E-state index in [1.807, 2.05) is 20.8 Å². The summed E-state index contributed by atoms with van der Waals surface area (Å²) in [6.07, 6.45) is 7.33. The first kappa shape index (κ1) is 29.3. The van der Waals surface area contributed by atoms with Gasteiger partial charge in [-0.15, -0.1) is 0 Å². The topological polar surface area (TPSA) is 170 Å². The third-order valence-electron chi connectivity index (χ3n) is 7.90. The molecule has 0 radical (unpaired) electrons. The first-order valence-corrected chi connectivity index (χ1v) is 14.1. The Morgan fingerprint density at radius 2 is 1.73 bits per heavy atom. The van der Waals surface area contributed by atoms with Crippen LogP contribution in [0.5, 0.6) is 0 Å². The number of nitrogens with one attached hydrogen (secondary N) is 5. The smallest absolute Gasteiger partial charge is 0.289 e. The number of ketones is 1. The lowest BCUT2D eigenvalue weighted by Crippen LogP contribution is -2.60. The average molecular weight is 557 g/mol. The molecule has 1 aromatic rings. The van der Waals surface area contributed by atoms with Gasteiger partial charge in [0.2, 0.25) is 23.5 Å². The standard InChI is InChI=1S/C28H40N6O6/c1-28(2,3)23(33-22(36)15-31-24(37)18-8-6-12-29-18)27(40)34-19-9-5-4-7-16(19)13-20(34)25(38)30-14-21(35)26(39)32-17-10-11-17/h6,8,12,16-17,19-20,23,29H,4-5,7,9-11,13-15H2,1-3H3,(H,30,38)(H,31,37)(H,32,39)(H,33,36)/t16-,19-,20-,23+/m0/s1. The average Bonchev–Trinajstić information content (AvgIpc) is 3.39. The van der Waals surface area contributed by atoms with Gasteiger partial charge < -0.3 is 31.2 Å². The maximum absolute atomic E-state index is 14.1.